The smallest absolute Gasteiger partial charge is 0.382 e. The molecule has 1 aliphatic heterocycles. The van der Waals surface area contributed by atoms with Gasteiger partial charge in [0.05, 0.1) is 17.7 Å². The van der Waals surface area contributed by atoms with E-state index in [0.717, 1.165) is 10.8 Å². The topological polar surface area (TPSA) is 47.3 Å². The van der Waals surface area contributed by atoms with E-state index in [-0.39, 0.29) is 0 Å². The molecule has 114 valence electrons. The predicted molar refractivity (Wildman–Crippen MR) is 76.5 cm³/mol. The number of alkyl halides is 3. The SMILES string of the molecule is N#Cc1cccc2cc(N3CC[C@H]3[C@H](O)C(F)(F)F)ccc12. The fourth-order valence-electron chi connectivity index (χ4n) is 2.82. The maximum atomic E-state index is 12.6. The van der Waals surface area contributed by atoms with E-state index >= 15 is 0 Å². The van der Waals surface area contributed by atoms with Crippen molar-refractivity contribution in [3.63, 3.8) is 0 Å². The highest BCUT2D eigenvalue weighted by molar-refractivity contribution is 5.90. The van der Waals surface area contributed by atoms with Crippen molar-refractivity contribution < 1.29 is 18.3 Å². The molecule has 1 N–H and O–H groups in total. The molecule has 0 aliphatic carbocycles. The second kappa shape index (κ2) is 5.18. The number of nitrogens with zero attached hydrogens (tertiary/aromatic N) is 2. The Hall–Kier alpha value is -2.26. The number of benzene rings is 2. The molecule has 1 saturated heterocycles. The third kappa shape index (κ3) is 2.38. The molecular formula is C16H13F3N2O. The molecule has 1 fully saturated rings. The van der Waals surface area contributed by atoms with Gasteiger partial charge in [-0.3, -0.25) is 0 Å². The molecule has 0 aromatic heterocycles. The number of nitriles is 1. The van der Waals surface area contributed by atoms with Crippen LogP contribution in [0.2, 0.25) is 0 Å². The Morgan fingerprint density at radius 1 is 1.27 bits per heavy atom. The number of aliphatic hydroxyl groups excluding tert-OH is 1. The molecule has 3 rings (SSSR count). The van der Waals surface area contributed by atoms with E-state index in [4.69, 9.17) is 5.26 Å². The highest BCUT2D eigenvalue weighted by atomic mass is 19.4. The number of rotatable bonds is 2. The summed E-state index contributed by atoms with van der Waals surface area (Å²) in [6, 6.07) is 11.6. The van der Waals surface area contributed by atoms with E-state index in [9.17, 15) is 18.3 Å². The Morgan fingerprint density at radius 2 is 2.05 bits per heavy atom. The van der Waals surface area contributed by atoms with Gasteiger partial charge in [-0.15, -0.1) is 0 Å². The minimum absolute atomic E-state index is 0.303. The third-order valence-electron chi connectivity index (χ3n) is 4.08. The van der Waals surface area contributed by atoms with Crippen molar-refractivity contribution in [2.75, 3.05) is 11.4 Å². The molecule has 0 saturated carbocycles. The zero-order valence-electron chi connectivity index (χ0n) is 11.5. The van der Waals surface area contributed by atoms with E-state index in [1.165, 1.54) is 0 Å². The summed E-state index contributed by atoms with van der Waals surface area (Å²) in [5.74, 6) is 0. The van der Waals surface area contributed by atoms with Gasteiger partial charge in [0.15, 0.2) is 6.10 Å². The van der Waals surface area contributed by atoms with Crippen molar-refractivity contribution in [3.05, 3.63) is 42.0 Å². The van der Waals surface area contributed by atoms with Crippen molar-refractivity contribution in [2.45, 2.75) is 24.7 Å². The third-order valence-corrected chi connectivity index (χ3v) is 4.08. The van der Waals surface area contributed by atoms with Crippen LogP contribution in [0, 0.1) is 11.3 Å². The van der Waals surface area contributed by atoms with Crippen LogP contribution in [0.1, 0.15) is 12.0 Å². The lowest BCUT2D eigenvalue weighted by atomic mass is 9.94. The lowest BCUT2D eigenvalue weighted by molar-refractivity contribution is -0.213. The van der Waals surface area contributed by atoms with E-state index in [2.05, 4.69) is 6.07 Å². The van der Waals surface area contributed by atoms with Crippen molar-refractivity contribution in [1.82, 2.24) is 0 Å². The number of anilines is 1. The second-order valence-electron chi connectivity index (χ2n) is 5.36. The predicted octanol–water partition coefficient (Wildman–Crippen LogP) is 3.21. The van der Waals surface area contributed by atoms with Crippen LogP contribution in [-0.4, -0.2) is 30.0 Å². The highest BCUT2D eigenvalue weighted by Gasteiger charge is 2.48. The number of fused-ring (bicyclic) bond motifs is 1. The van der Waals surface area contributed by atoms with E-state index in [0.29, 0.717) is 24.2 Å². The van der Waals surface area contributed by atoms with Gasteiger partial charge in [-0.05, 0) is 35.4 Å². The van der Waals surface area contributed by atoms with Crippen LogP contribution in [0.25, 0.3) is 10.8 Å². The van der Waals surface area contributed by atoms with Crippen molar-refractivity contribution in [1.29, 1.82) is 5.26 Å². The molecule has 1 heterocycles. The van der Waals surface area contributed by atoms with Crippen LogP contribution >= 0.6 is 0 Å². The van der Waals surface area contributed by atoms with Crippen LogP contribution in [0.3, 0.4) is 0 Å². The van der Waals surface area contributed by atoms with E-state index in [1.54, 1.807) is 35.2 Å². The van der Waals surface area contributed by atoms with E-state index < -0.39 is 18.3 Å². The van der Waals surface area contributed by atoms with Gasteiger partial charge < -0.3 is 10.0 Å². The first-order valence-corrected chi connectivity index (χ1v) is 6.86. The average molecular weight is 306 g/mol. The Kier molecular flexibility index (Phi) is 3.45. The molecule has 22 heavy (non-hydrogen) atoms. The summed E-state index contributed by atoms with van der Waals surface area (Å²) in [6.07, 6.45) is -6.66. The second-order valence-corrected chi connectivity index (χ2v) is 5.36. The summed E-state index contributed by atoms with van der Waals surface area (Å²) in [5.41, 5.74) is 1.15. The Labute approximate surface area is 125 Å². The molecule has 2 aromatic carbocycles. The van der Waals surface area contributed by atoms with Crippen LogP contribution in [0.5, 0.6) is 0 Å². The van der Waals surface area contributed by atoms with Crippen LogP contribution < -0.4 is 4.90 Å². The summed E-state index contributed by atoms with van der Waals surface area (Å²) < 4.78 is 37.9. The largest absolute Gasteiger partial charge is 0.416 e. The molecule has 1 aliphatic rings. The van der Waals surface area contributed by atoms with Crippen LogP contribution in [0.15, 0.2) is 36.4 Å². The minimum Gasteiger partial charge on any atom is -0.382 e. The number of hydrogen-bond donors (Lipinski definition) is 1. The van der Waals surface area contributed by atoms with Gasteiger partial charge in [-0.25, -0.2) is 0 Å². The summed E-state index contributed by atoms with van der Waals surface area (Å²) in [6.45, 7) is 0.473. The number of aliphatic hydroxyl groups is 1. The van der Waals surface area contributed by atoms with Gasteiger partial charge in [0.2, 0.25) is 0 Å². The van der Waals surface area contributed by atoms with Gasteiger partial charge in [0, 0.05) is 12.2 Å². The van der Waals surface area contributed by atoms with Crippen LogP contribution in [-0.2, 0) is 0 Å². The van der Waals surface area contributed by atoms with Gasteiger partial charge in [-0.1, -0.05) is 18.2 Å². The standard InChI is InChI=1S/C16H13F3N2O/c17-16(18,19)15(22)14-6-7-21(14)12-4-5-13-10(8-12)2-1-3-11(13)9-20/h1-5,8,14-15,22H,6-7H2/t14-,15-/m0/s1. The van der Waals surface area contributed by atoms with Gasteiger partial charge in [0.1, 0.15) is 0 Å². The van der Waals surface area contributed by atoms with E-state index in [1.807, 2.05) is 6.07 Å². The van der Waals surface area contributed by atoms with Crippen molar-refractivity contribution >= 4 is 16.5 Å². The lowest BCUT2D eigenvalue weighted by Crippen LogP contribution is -2.58. The minimum atomic E-state index is -4.62. The van der Waals surface area contributed by atoms with Gasteiger partial charge in [0.25, 0.3) is 0 Å². The fourth-order valence-corrected chi connectivity index (χ4v) is 2.82. The summed E-state index contributed by atoms with van der Waals surface area (Å²) in [7, 11) is 0. The summed E-state index contributed by atoms with van der Waals surface area (Å²) >= 11 is 0. The average Bonchev–Trinajstić information content (AvgIpc) is 2.44. The quantitative estimate of drug-likeness (QED) is 0.927. The van der Waals surface area contributed by atoms with Crippen molar-refractivity contribution in [2.24, 2.45) is 0 Å². The zero-order valence-corrected chi connectivity index (χ0v) is 11.5. The van der Waals surface area contributed by atoms with Gasteiger partial charge in [-0.2, -0.15) is 18.4 Å². The van der Waals surface area contributed by atoms with Crippen LogP contribution in [0.4, 0.5) is 18.9 Å². The number of halogens is 3. The molecule has 3 nitrogen and oxygen atoms in total. The first-order chi connectivity index (χ1) is 10.4. The first kappa shape index (κ1) is 14.7. The molecule has 6 heteroatoms. The lowest BCUT2D eigenvalue weighted by Gasteiger charge is -2.45. The normalized spacial score (nSPS) is 19.6. The van der Waals surface area contributed by atoms with Crippen molar-refractivity contribution in [3.8, 4) is 6.07 Å². The fraction of sp³-hybridized carbons (Fsp3) is 0.312. The first-order valence-electron chi connectivity index (χ1n) is 6.86. The molecule has 0 unspecified atom stereocenters. The molecule has 2 atom stereocenters. The molecule has 0 radical (unpaired) electrons. The Bertz CT molecular complexity index is 751. The summed E-state index contributed by atoms with van der Waals surface area (Å²) in [4.78, 5) is 1.55. The molecule has 0 amide bonds. The Morgan fingerprint density at radius 3 is 2.64 bits per heavy atom. The molecule has 0 spiro atoms. The molecular weight excluding hydrogens is 293 g/mol. The summed E-state index contributed by atoms with van der Waals surface area (Å²) in [5, 5.41) is 20.0. The van der Waals surface area contributed by atoms with Gasteiger partial charge >= 0.3 is 6.18 Å². The number of hydrogen-bond acceptors (Lipinski definition) is 3. The highest BCUT2D eigenvalue weighted by Crippen LogP contribution is 2.36. The maximum absolute atomic E-state index is 12.6. The Balaban J connectivity index is 1.93. The monoisotopic (exact) mass is 306 g/mol. The zero-order chi connectivity index (χ0) is 15.9. The molecule has 2 aromatic rings. The molecule has 0 bridgehead atoms. The maximum Gasteiger partial charge on any atom is 0.416 e.